The maximum atomic E-state index is 12.1. The van der Waals surface area contributed by atoms with E-state index in [1.165, 1.54) is 6.07 Å². The first kappa shape index (κ1) is 11.1. The van der Waals surface area contributed by atoms with Crippen LogP contribution in [-0.2, 0) is 11.3 Å². The van der Waals surface area contributed by atoms with Gasteiger partial charge >= 0.3 is 13.5 Å². The number of halogens is 3. The Hall–Kier alpha value is -1.41. The molecule has 0 radical (unpaired) electrons. The molecule has 0 bridgehead atoms. The monoisotopic (exact) mass is 234 g/mol. The number of alkyl halides is 3. The standard InChI is InChI=1S/C8H6BF3O4/c10-8(11,12)16-7-5(13)2-1-4-3-15-9(14)6(4)7/h1-2,13-14H,3H2. The van der Waals surface area contributed by atoms with Crippen LogP contribution in [0.5, 0.6) is 11.5 Å². The summed E-state index contributed by atoms with van der Waals surface area (Å²) in [6.07, 6.45) is -4.94. The van der Waals surface area contributed by atoms with Crippen molar-refractivity contribution in [1.82, 2.24) is 0 Å². The van der Waals surface area contributed by atoms with Crippen molar-refractivity contribution in [2.75, 3.05) is 0 Å². The molecule has 1 aromatic carbocycles. The second-order valence-corrected chi connectivity index (χ2v) is 3.20. The van der Waals surface area contributed by atoms with E-state index in [-0.39, 0.29) is 12.1 Å². The Morgan fingerprint density at radius 2 is 2.06 bits per heavy atom. The molecule has 0 saturated heterocycles. The lowest BCUT2D eigenvalue weighted by Crippen LogP contribution is -2.32. The molecule has 4 nitrogen and oxygen atoms in total. The first-order valence-corrected chi connectivity index (χ1v) is 4.28. The van der Waals surface area contributed by atoms with Crippen molar-refractivity contribution in [3.05, 3.63) is 17.7 Å². The van der Waals surface area contributed by atoms with Gasteiger partial charge in [-0.3, -0.25) is 0 Å². The average molecular weight is 234 g/mol. The van der Waals surface area contributed by atoms with Gasteiger partial charge in [-0.1, -0.05) is 6.07 Å². The van der Waals surface area contributed by atoms with Crippen molar-refractivity contribution in [2.24, 2.45) is 0 Å². The fourth-order valence-corrected chi connectivity index (χ4v) is 1.50. The SMILES string of the molecule is OB1OCc2ccc(O)c(OC(F)(F)F)c21. The van der Waals surface area contributed by atoms with Gasteiger partial charge in [0.2, 0.25) is 0 Å². The molecule has 0 aromatic heterocycles. The molecule has 0 amide bonds. The van der Waals surface area contributed by atoms with Crippen LogP contribution in [0.4, 0.5) is 13.2 Å². The van der Waals surface area contributed by atoms with Crippen molar-refractivity contribution in [3.8, 4) is 11.5 Å². The van der Waals surface area contributed by atoms with E-state index in [1.54, 1.807) is 0 Å². The van der Waals surface area contributed by atoms with Gasteiger partial charge in [0.15, 0.2) is 11.5 Å². The molecular weight excluding hydrogens is 228 g/mol. The fourth-order valence-electron chi connectivity index (χ4n) is 1.50. The topological polar surface area (TPSA) is 58.9 Å². The molecule has 16 heavy (non-hydrogen) atoms. The van der Waals surface area contributed by atoms with Gasteiger partial charge in [0.05, 0.1) is 6.61 Å². The van der Waals surface area contributed by atoms with Crippen LogP contribution in [0, 0.1) is 0 Å². The third kappa shape index (κ3) is 1.93. The van der Waals surface area contributed by atoms with Crippen LogP contribution >= 0.6 is 0 Å². The Morgan fingerprint density at radius 1 is 1.38 bits per heavy atom. The minimum absolute atomic E-state index is 0.0228. The third-order valence-corrected chi connectivity index (χ3v) is 2.13. The summed E-state index contributed by atoms with van der Waals surface area (Å²) in [7, 11) is -1.51. The van der Waals surface area contributed by atoms with Gasteiger partial charge in [-0.25, -0.2) is 0 Å². The summed E-state index contributed by atoms with van der Waals surface area (Å²) < 4.78 is 44.6. The maximum Gasteiger partial charge on any atom is 0.573 e. The highest BCUT2D eigenvalue weighted by molar-refractivity contribution is 6.62. The molecule has 1 aliphatic heterocycles. The zero-order valence-corrected chi connectivity index (χ0v) is 7.78. The van der Waals surface area contributed by atoms with E-state index < -0.39 is 25.0 Å². The average Bonchev–Trinajstić information content (AvgIpc) is 2.51. The number of phenolic OH excluding ortho intramolecular Hbond substituents is 1. The summed E-state index contributed by atoms with van der Waals surface area (Å²) in [5.41, 5.74) is 0.168. The van der Waals surface area contributed by atoms with Crippen molar-refractivity contribution in [2.45, 2.75) is 13.0 Å². The molecule has 1 heterocycles. The molecule has 8 heteroatoms. The molecule has 2 N–H and O–H groups in total. The fraction of sp³-hybridized carbons (Fsp3) is 0.250. The summed E-state index contributed by atoms with van der Waals surface area (Å²) in [5.74, 6) is -1.50. The first-order valence-electron chi connectivity index (χ1n) is 4.28. The predicted molar refractivity (Wildman–Crippen MR) is 47.2 cm³/mol. The molecule has 0 unspecified atom stereocenters. The van der Waals surface area contributed by atoms with E-state index in [0.29, 0.717) is 5.56 Å². The van der Waals surface area contributed by atoms with Crippen molar-refractivity contribution in [3.63, 3.8) is 0 Å². The molecule has 0 spiro atoms. The van der Waals surface area contributed by atoms with E-state index in [1.807, 2.05) is 0 Å². The van der Waals surface area contributed by atoms with E-state index in [9.17, 15) is 23.3 Å². The number of fused-ring (bicyclic) bond motifs is 1. The summed E-state index contributed by atoms with van der Waals surface area (Å²) in [4.78, 5) is 0. The van der Waals surface area contributed by atoms with Crippen molar-refractivity contribution < 1.29 is 32.7 Å². The summed E-state index contributed by atoms with van der Waals surface area (Å²) >= 11 is 0. The smallest absolute Gasteiger partial charge is 0.504 e. The Labute approximate surface area is 88.4 Å². The largest absolute Gasteiger partial charge is 0.573 e. The number of ether oxygens (including phenoxy) is 1. The second kappa shape index (κ2) is 3.57. The highest BCUT2D eigenvalue weighted by Crippen LogP contribution is 2.32. The Morgan fingerprint density at radius 3 is 2.69 bits per heavy atom. The number of hydrogen-bond donors (Lipinski definition) is 2. The Kier molecular flexibility index (Phi) is 2.47. The summed E-state index contributed by atoms with van der Waals surface area (Å²) in [5, 5.41) is 18.6. The van der Waals surface area contributed by atoms with Crippen LogP contribution < -0.4 is 10.2 Å². The molecule has 86 valence electrons. The van der Waals surface area contributed by atoms with Crippen LogP contribution in [0.25, 0.3) is 0 Å². The molecule has 2 rings (SSSR count). The molecule has 0 aliphatic carbocycles. The van der Waals surface area contributed by atoms with E-state index in [0.717, 1.165) is 6.07 Å². The Balaban J connectivity index is 2.47. The molecule has 0 saturated carbocycles. The van der Waals surface area contributed by atoms with Crippen LogP contribution in [0.2, 0.25) is 0 Å². The number of aromatic hydroxyl groups is 1. The minimum Gasteiger partial charge on any atom is -0.504 e. The van der Waals surface area contributed by atoms with Gasteiger partial charge in [0, 0.05) is 5.46 Å². The lowest BCUT2D eigenvalue weighted by Gasteiger charge is -2.13. The number of phenols is 1. The van der Waals surface area contributed by atoms with Crippen molar-refractivity contribution in [1.29, 1.82) is 0 Å². The van der Waals surface area contributed by atoms with Gasteiger partial charge in [0.25, 0.3) is 0 Å². The van der Waals surface area contributed by atoms with Gasteiger partial charge in [-0.05, 0) is 11.6 Å². The number of hydrogen-bond acceptors (Lipinski definition) is 4. The predicted octanol–water partition coefficient (Wildman–Crippen LogP) is 0.508. The third-order valence-electron chi connectivity index (χ3n) is 2.13. The van der Waals surface area contributed by atoms with Crippen LogP contribution in [-0.4, -0.2) is 23.6 Å². The van der Waals surface area contributed by atoms with Crippen LogP contribution in [0.1, 0.15) is 5.56 Å². The summed E-state index contributed by atoms with van der Waals surface area (Å²) in [6.45, 7) is -0.0228. The van der Waals surface area contributed by atoms with Gasteiger partial charge in [-0.2, -0.15) is 0 Å². The first-order chi connectivity index (χ1) is 7.38. The van der Waals surface area contributed by atoms with Crippen molar-refractivity contribution >= 4 is 12.6 Å². The zero-order valence-electron chi connectivity index (χ0n) is 7.78. The quantitative estimate of drug-likeness (QED) is 0.695. The van der Waals surface area contributed by atoms with Gasteiger partial charge in [-0.15, -0.1) is 13.2 Å². The molecule has 0 atom stereocenters. The molecular formula is C8H6BF3O4. The normalized spacial score (nSPS) is 15.1. The lowest BCUT2D eigenvalue weighted by molar-refractivity contribution is -0.274. The van der Waals surface area contributed by atoms with Crippen LogP contribution in [0.3, 0.4) is 0 Å². The van der Waals surface area contributed by atoms with Gasteiger partial charge < -0.3 is 19.5 Å². The minimum atomic E-state index is -4.94. The summed E-state index contributed by atoms with van der Waals surface area (Å²) in [6, 6.07) is 2.42. The molecule has 0 fully saturated rings. The van der Waals surface area contributed by atoms with Gasteiger partial charge in [0.1, 0.15) is 0 Å². The van der Waals surface area contributed by atoms with Crippen LogP contribution in [0.15, 0.2) is 12.1 Å². The van der Waals surface area contributed by atoms with E-state index >= 15 is 0 Å². The zero-order chi connectivity index (χ0) is 11.9. The highest BCUT2D eigenvalue weighted by Gasteiger charge is 2.39. The number of benzene rings is 1. The number of rotatable bonds is 1. The van der Waals surface area contributed by atoms with E-state index in [4.69, 9.17) is 4.65 Å². The Bertz CT molecular complexity index is 420. The highest BCUT2D eigenvalue weighted by atomic mass is 19.4. The lowest BCUT2D eigenvalue weighted by atomic mass is 9.78. The van der Waals surface area contributed by atoms with E-state index in [2.05, 4.69) is 4.74 Å². The molecule has 1 aromatic rings. The molecule has 1 aliphatic rings. The maximum absolute atomic E-state index is 12.1. The second-order valence-electron chi connectivity index (χ2n) is 3.20.